The smallest absolute Gasteiger partial charge is 0.410 e. The molecule has 0 radical (unpaired) electrons. The van der Waals surface area contributed by atoms with Crippen molar-refractivity contribution in [2.45, 2.75) is 26.4 Å². The third-order valence-corrected chi connectivity index (χ3v) is 2.35. The Morgan fingerprint density at radius 3 is 2.68 bits per heavy atom. The van der Waals surface area contributed by atoms with Crippen LogP contribution in [0.5, 0.6) is 5.75 Å². The van der Waals surface area contributed by atoms with Crippen LogP contribution in [0.4, 0.5) is 15.0 Å². The van der Waals surface area contributed by atoms with Crippen LogP contribution in [0, 0.1) is 0 Å². The molecule has 0 aliphatic rings. The molecule has 2 N–H and O–H groups in total. The van der Waals surface area contributed by atoms with E-state index < -0.39 is 24.3 Å². The lowest BCUT2D eigenvalue weighted by atomic mass is 10.2. The molecule has 0 bridgehead atoms. The highest BCUT2D eigenvalue weighted by Crippen LogP contribution is 2.13. The van der Waals surface area contributed by atoms with Crippen molar-refractivity contribution in [2.75, 3.05) is 25.1 Å². The molecular weight excluding hydrogens is 293 g/mol. The van der Waals surface area contributed by atoms with E-state index in [1.54, 1.807) is 20.8 Å². The first kappa shape index (κ1) is 17.7. The predicted molar refractivity (Wildman–Crippen MR) is 78.3 cm³/mol. The van der Waals surface area contributed by atoms with Crippen LogP contribution < -0.4 is 5.32 Å². The number of amides is 2. The molecule has 0 aliphatic heterocycles. The Balaban J connectivity index is 2.66. The summed E-state index contributed by atoms with van der Waals surface area (Å²) < 4.78 is 17.6. The maximum absolute atomic E-state index is 12.5. The lowest BCUT2D eigenvalue weighted by Crippen LogP contribution is -2.42. The van der Waals surface area contributed by atoms with Crippen molar-refractivity contribution < 1.29 is 23.8 Å². The summed E-state index contributed by atoms with van der Waals surface area (Å²) in [5, 5.41) is 11.7. The summed E-state index contributed by atoms with van der Waals surface area (Å²) in [5.74, 6) is -0.496. The number of pyridine rings is 1. The number of aromatic hydroxyl groups is 1. The number of carbonyl (C=O) groups is 2. The Kier molecular flexibility index (Phi) is 6.09. The van der Waals surface area contributed by atoms with Crippen LogP contribution in [0.3, 0.4) is 0 Å². The van der Waals surface area contributed by atoms with Gasteiger partial charge in [-0.25, -0.2) is 14.2 Å². The molecule has 0 fully saturated rings. The Morgan fingerprint density at radius 1 is 1.45 bits per heavy atom. The minimum atomic E-state index is -0.795. The standard InChI is InChI=1S/C14H20FN3O4/c1-14(2,3)22-13(21)18(7-5-15)9-12(20)17-11-8-10(19)4-6-16-11/h4,6,8H,5,7,9H2,1-3H3,(H2,16,17,19,20). The molecule has 0 saturated heterocycles. The van der Waals surface area contributed by atoms with Gasteiger partial charge in [0.1, 0.15) is 30.4 Å². The van der Waals surface area contributed by atoms with Crippen LogP contribution >= 0.6 is 0 Å². The van der Waals surface area contributed by atoms with Crippen LogP contribution in [0.15, 0.2) is 18.3 Å². The van der Waals surface area contributed by atoms with Gasteiger partial charge in [0.25, 0.3) is 0 Å². The summed E-state index contributed by atoms with van der Waals surface area (Å²) >= 11 is 0. The highest BCUT2D eigenvalue weighted by atomic mass is 19.1. The Bertz CT molecular complexity index is 531. The van der Waals surface area contributed by atoms with Crippen molar-refractivity contribution in [3.63, 3.8) is 0 Å². The summed E-state index contributed by atoms with van der Waals surface area (Å²) in [6, 6.07) is 2.61. The molecule has 22 heavy (non-hydrogen) atoms. The molecule has 2 amide bonds. The van der Waals surface area contributed by atoms with E-state index in [0.717, 1.165) is 4.90 Å². The Labute approximate surface area is 128 Å². The van der Waals surface area contributed by atoms with E-state index >= 15 is 0 Å². The molecule has 7 nitrogen and oxygen atoms in total. The second-order valence-corrected chi connectivity index (χ2v) is 5.54. The van der Waals surface area contributed by atoms with E-state index in [4.69, 9.17) is 4.74 Å². The molecule has 0 saturated carbocycles. The maximum Gasteiger partial charge on any atom is 0.410 e. The average Bonchev–Trinajstić information content (AvgIpc) is 2.36. The van der Waals surface area contributed by atoms with Gasteiger partial charge in [0.15, 0.2) is 0 Å². The van der Waals surface area contributed by atoms with E-state index in [9.17, 15) is 19.1 Å². The lowest BCUT2D eigenvalue weighted by Gasteiger charge is -2.26. The van der Waals surface area contributed by atoms with Gasteiger partial charge in [0, 0.05) is 12.3 Å². The number of carbonyl (C=O) groups excluding carboxylic acids is 2. The second kappa shape index (κ2) is 7.58. The molecular formula is C14H20FN3O4. The quantitative estimate of drug-likeness (QED) is 0.866. The number of nitrogens with one attached hydrogen (secondary N) is 1. The van der Waals surface area contributed by atoms with Gasteiger partial charge in [-0.05, 0) is 26.8 Å². The van der Waals surface area contributed by atoms with E-state index in [2.05, 4.69) is 10.3 Å². The molecule has 8 heteroatoms. The molecule has 0 atom stereocenters. The topological polar surface area (TPSA) is 91.8 Å². The van der Waals surface area contributed by atoms with Crippen molar-refractivity contribution >= 4 is 17.8 Å². The van der Waals surface area contributed by atoms with Crippen molar-refractivity contribution in [2.24, 2.45) is 0 Å². The zero-order valence-corrected chi connectivity index (χ0v) is 12.8. The van der Waals surface area contributed by atoms with E-state index in [1.165, 1.54) is 18.3 Å². The van der Waals surface area contributed by atoms with Gasteiger partial charge in [-0.3, -0.25) is 9.69 Å². The molecule has 0 unspecified atom stereocenters. The van der Waals surface area contributed by atoms with Gasteiger partial charge in [-0.15, -0.1) is 0 Å². The highest BCUT2D eigenvalue weighted by Gasteiger charge is 2.23. The first-order chi connectivity index (χ1) is 10.2. The fourth-order valence-corrected chi connectivity index (χ4v) is 1.51. The SMILES string of the molecule is CC(C)(C)OC(=O)N(CCF)CC(=O)Nc1cc(O)ccn1. The number of hydrogen-bond donors (Lipinski definition) is 2. The first-order valence-corrected chi connectivity index (χ1v) is 6.70. The minimum Gasteiger partial charge on any atom is -0.508 e. The van der Waals surface area contributed by atoms with Crippen LogP contribution in [0.25, 0.3) is 0 Å². The van der Waals surface area contributed by atoms with Crippen molar-refractivity contribution in [3.8, 4) is 5.75 Å². The predicted octanol–water partition coefficient (Wildman–Crippen LogP) is 1.93. The first-order valence-electron chi connectivity index (χ1n) is 6.70. The molecule has 0 aromatic carbocycles. The highest BCUT2D eigenvalue weighted by molar-refractivity contribution is 5.93. The lowest BCUT2D eigenvalue weighted by molar-refractivity contribution is -0.117. The number of rotatable bonds is 5. The molecule has 0 aliphatic carbocycles. The minimum absolute atomic E-state index is 0.0574. The van der Waals surface area contributed by atoms with E-state index in [1.807, 2.05) is 0 Å². The fraction of sp³-hybridized carbons (Fsp3) is 0.500. The molecule has 1 heterocycles. The number of alkyl halides is 1. The zero-order valence-electron chi connectivity index (χ0n) is 12.8. The fourth-order valence-electron chi connectivity index (χ4n) is 1.51. The van der Waals surface area contributed by atoms with Crippen molar-refractivity contribution in [1.82, 2.24) is 9.88 Å². The summed E-state index contributed by atoms with van der Waals surface area (Å²) in [4.78, 5) is 28.6. The third kappa shape index (κ3) is 6.38. The molecule has 0 spiro atoms. The third-order valence-electron chi connectivity index (χ3n) is 2.35. The number of halogens is 1. The summed E-state index contributed by atoms with van der Waals surface area (Å²) in [7, 11) is 0. The van der Waals surface area contributed by atoms with Crippen LogP contribution in [-0.2, 0) is 9.53 Å². The van der Waals surface area contributed by atoms with E-state index in [0.29, 0.717) is 0 Å². The van der Waals surface area contributed by atoms with E-state index in [-0.39, 0.29) is 24.7 Å². The number of ether oxygens (including phenoxy) is 1. The zero-order chi connectivity index (χ0) is 16.8. The van der Waals surface area contributed by atoms with Gasteiger partial charge < -0.3 is 15.2 Å². The van der Waals surface area contributed by atoms with Crippen LogP contribution in [0.1, 0.15) is 20.8 Å². The summed E-state index contributed by atoms with van der Waals surface area (Å²) in [5.41, 5.74) is -0.741. The van der Waals surface area contributed by atoms with Gasteiger partial charge in [0.2, 0.25) is 5.91 Å². The molecule has 1 rings (SSSR count). The largest absolute Gasteiger partial charge is 0.508 e. The number of hydrogen-bond acceptors (Lipinski definition) is 5. The summed E-state index contributed by atoms with van der Waals surface area (Å²) in [6.45, 7) is 3.60. The van der Waals surface area contributed by atoms with Gasteiger partial charge in [0.05, 0.1) is 6.54 Å². The van der Waals surface area contributed by atoms with Crippen molar-refractivity contribution in [3.05, 3.63) is 18.3 Å². The van der Waals surface area contributed by atoms with Crippen LogP contribution in [-0.4, -0.2) is 52.4 Å². The van der Waals surface area contributed by atoms with Gasteiger partial charge in [-0.2, -0.15) is 0 Å². The summed E-state index contributed by atoms with van der Waals surface area (Å²) in [6.07, 6.45) is 0.544. The monoisotopic (exact) mass is 313 g/mol. The normalized spacial score (nSPS) is 10.9. The number of nitrogens with zero attached hydrogens (tertiary/aromatic N) is 2. The van der Waals surface area contributed by atoms with Gasteiger partial charge in [-0.1, -0.05) is 0 Å². The van der Waals surface area contributed by atoms with Crippen molar-refractivity contribution in [1.29, 1.82) is 0 Å². The number of anilines is 1. The number of aromatic nitrogens is 1. The molecule has 1 aromatic rings. The van der Waals surface area contributed by atoms with Crippen LogP contribution in [0.2, 0.25) is 0 Å². The molecule has 1 aromatic heterocycles. The Morgan fingerprint density at radius 2 is 2.14 bits per heavy atom. The Hall–Kier alpha value is -2.38. The second-order valence-electron chi connectivity index (χ2n) is 5.54. The average molecular weight is 313 g/mol. The maximum atomic E-state index is 12.5. The van der Waals surface area contributed by atoms with Gasteiger partial charge >= 0.3 is 6.09 Å². The molecule has 122 valence electrons.